The summed E-state index contributed by atoms with van der Waals surface area (Å²) in [4.78, 5) is 5.14. The number of likely N-dealkylation sites (N-methyl/N-ethyl adjacent to an activating group) is 1. The van der Waals surface area contributed by atoms with E-state index in [9.17, 15) is 0 Å². The van der Waals surface area contributed by atoms with E-state index in [1.165, 1.54) is 45.3 Å². The van der Waals surface area contributed by atoms with Crippen molar-refractivity contribution in [1.82, 2.24) is 9.80 Å². The smallest absolute Gasteiger partial charge is 0.0470 e. The number of hydrogen-bond acceptors (Lipinski definition) is 3. The van der Waals surface area contributed by atoms with Crippen LogP contribution in [-0.2, 0) is 0 Å². The van der Waals surface area contributed by atoms with Crippen LogP contribution >= 0.6 is 0 Å². The Morgan fingerprint density at radius 3 is 2.62 bits per heavy atom. The van der Waals surface area contributed by atoms with Crippen LogP contribution in [0.25, 0.3) is 0 Å². The summed E-state index contributed by atoms with van der Waals surface area (Å²) in [6.45, 7) is 7.99. The summed E-state index contributed by atoms with van der Waals surface area (Å²) in [6, 6.07) is 0. The van der Waals surface area contributed by atoms with E-state index in [0.717, 1.165) is 19.0 Å². The highest BCUT2D eigenvalue weighted by Gasteiger charge is 2.42. The van der Waals surface area contributed by atoms with Crippen molar-refractivity contribution in [2.75, 3.05) is 39.8 Å². The number of nitrogens with zero attached hydrogens (tertiary/aromatic N) is 2. The molecule has 2 aliphatic rings. The lowest BCUT2D eigenvalue weighted by Crippen LogP contribution is -2.56. The van der Waals surface area contributed by atoms with E-state index in [0.29, 0.717) is 0 Å². The van der Waals surface area contributed by atoms with Gasteiger partial charge in [0.1, 0.15) is 0 Å². The van der Waals surface area contributed by atoms with Gasteiger partial charge in [0, 0.05) is 25.2 Å². The summed E-state index contributed by atoms with van der Waals surface area (Å²) in [5, 5.41) is 0. The molecule has 1 saturated heterocycles. The molecule has 0 spiro atoms. The molecule has 94 valence electrons. The van der Waals surface area contributed by atoms with Gasteiger partial charge in [-0.25, -0.2) is 0 Å². The molecule has 3 heteroatoms. The van der Waals surface area contributed by atoms with Gasteiger partial charge >= 0.3 is 0 Å². The molecule has 0 aromatic heterocycles. The Bertz CT molecular complexity index is 227. The number of nitrogens with two attached hydrogens (primary N) is 1. The van der Waals surface area contributed by atoms with Gasteiger partial charge in [0.15, 0.2) is 0 Å². The normalized spacial score (nSPS) is 31.5. The molecule has 2 N–H and O–H groups in total. The zero-order valence-electron chi connectivity index (χ0n) is 10.9. The monoisotopic (exact) mass is 225 g/mol. The topological polar surface area (TPSA) is 32.5 Å². The van der Waals surface area contributed by atoms with Crippen LogP contribution in [0.5, 0.6) is 0 Å². The van der Waals surface area contributed by atoms with Crippen molar-refractivity contribution in [3.63, 3.8) is 0 Å². The molecule has 2 rings (SSSR count). The van der Waals surface area contributed by atoms with Gasteiger partial charge in [0.05, 0.1) is 0 Å². The van der Waals surface area contributed by atoms with Crippen molar-refractivity contribution in [2.24, 2.45) is 11.7 Å². The van der Waals surface area contributed by atoms with Crippen molar-refractivity contribution >= 4 is 0 Å². The predicted molar refractivity (Wildman–Crippen MR) is 68.5 cm³/mol. The Balaban J connectivity index is 2.01. The van der Waals surface area contributed by atoms with Crippen molar-refractivity contribution in [1.29, 1.82) is 0 Å². The third-order valence-corrected chi connectivity index (χ3v) is 4.24. The van der Waals surface area contributed by atoms with Crippen molar-refractivity contribution in [2.45, 2.75) is 38.1 Å². The second kappa shape index (κ2) is 5.03. The van der Waals surface area contributed by atoms with E-state index in [1.807, 2.05) is 0 Å². The Hall–Kier alpha value is -0.120. The lowest BCUT2D eigenvalue weighted by molar-refractivity contribution is 0.0956. The van der Waals surface area contributed by atoms with E-state index in [-0.39, 0.29) is 5.54 Å². The molecule has 0 bridgehead atoms. The SMILES string of the molecule is CCCN(CC1CC1)C1(CN)CCN(C)C1. The lowest BCUT2D eigenvalue weighted by Gasteiger charge is -2.40. The summed E-state index contributed by atoms with van der Waals surface area (Å²) in [6.07, 6.45) is 5.39. The molecule has 3 nitrogen and oxygen atoms in total. The summed E-state index contributed by atoms with van der Waals surface area (Å²) in [5.74, 6) is 0.973. The fraction of sp³-hybridized carbons (Fsp3) is 1.00. The molecule has 1 unspecified atom stereocenters. The minimum absolute atomic E-state index is 0.285. The van der Waals surface area contributed by atoms with Crippen LogP contribution in [0.1, 0.15) is 32.6 Å². The van der Waals surface area contributed by atoms with Crippen molar-refractivity contribution in [3.8, 4) is 0 Å². The van der Waals surface area contributed by atoms with Crippen LogP contribution in [0.2, 0.25) is 0 Å². The summed E-state index contributed by atoms with van der Waals surface area (Å²) in [5.41, 5.74) is 6.38. The molecular weight excluding hydrogens is 198 g/mol. The maximum absolute atomic E-state index is 6.09. The zero-order chi connectivity index (χ0) is 11.6. The maximum atomic E-state index is 6.09. The van der Waals surface area contributed by atoms with Gasteiger partial charge in [0.2, 0.25) is 0 Å². The minimum atomic E-state index is 0.285. The van der Waals surface area contributed by atoms with E-state index in [1.54, 1.807) is 0 Å². The first-order valence-corrected chi connectivity index (χ1v) is 6.84. The average Bonchev–Trinajstić information content (AvgIpc) is 3.00. The van der Waals surface area contributed by atoms with E-state index >= 15 is 0 Å². The van der Waals surface area contributed by atoms with Crippen LogP contribution in [0.3, 0.4) is 0 Å². The first-order valence-electron chi connectivity index (χ1n) is 6.84. The van der Waals surface area contributed by atoms with Crippen LogP contribution in [0, 0.1) is 5.92 Å². The van der Waals surface area contributed by atoms with Gasteiger partial charge in [-0.3, -0.25) is 4.90 Å². The fourth-order valence-corrected chi connectivity index (χ4v) is 3.02. The molecule has 16 heavy (non-hydrogen) atoms. The number of likely N-dealkylation sites (tertiary alicyclic amines) is 1. The summed E-state index contributed by atoms with van der Waals surface area (Å²) < 4.78 is 0. The van der Waals surface area contributed by atoms with Gasteiger partial charge in [0.25, 0.3) is 0 Å². The second-order valence-corrected chi connectivity index (χ2v) is 5.81. The zero-order valence-corrected chi connectivity index (χ0v) is 10.9. The molecule has 1 heterocycles. The van der Waals surface area contributed by atoms with E-state index in [4.69, 9.17) is 5.73 Å². The fourth-order valence-electron chi connectivity index (χ4n) is 3.02. The highest BCUT2D eigenvalue weighted by molar-refractivity contribution is 5.00. The van der Waals surface area contributed by atoms with Crippen molar-refractivity contribution < 1.29 is 0 Å². The van der Waals surface area contributed by atoms with Gasteiger partial charge in [-0.1, -0.05) is 6.92 Å². The summed E-state index contributed by atoms with van der Waals surface area (Å²) in [7, 11) is 2.22. The number of rotatable bonds is 6. The second-order valence-electron chi connectivity index (χ2n) is 5.81. The molecule has 1 saturated carbocycles. The van der Waals surface area contributed by atoms with Gasteiger partial charge in [-0.05, 0) is 51.7 Å². The lowest BCUT2D eigenvalue weighted by atomic mass is 9.95. The van der Waals surface area contributed by atoms with Crippen molar-refractivity contribution in [3.05, 3.63) is 0 Å². The van der Waals surface area contributed by atoms with Crippen LogP contribution in [0.15, 0.2) is 0 Å². The van der Waals surface area contributed by atoms with Crippen LogP contribution < -0.4 is 5.73 Å². The molecule has 1 atom stereocenters. The minimum Gasteiger partial charge on any atom is -0.329 e. The Kier molecular flexibility index (Phi) is 3.88. The highest BCUT2D eigenvalue weighted by atomic mass is 15.3. The summed E-state index contributed by atoms with van der Waals surface area (Å²) >= 11 is 0. The Morgan fingerprint density at radius 2 is 2.19 bits per heavy atom. The average molecular weight is 225 g/mol. The van der Waals surface area contributed by atoms with Gasteiger partial charge in [-0.15, -0.1) is 0 Å². The molecule has 1 aliphatic carbocycles. The first-order chi connectivity index (χ1) is 7.70. The molecule has 0 amide bonds. The quantitative estimate of drug-likeness (QED) is 0.736. The number of hydrogen-bond donors (Lipinski definition) is 1. The molecule has 0 radical (unpaired) electrons. The molecular formula is C13H27N3. The third-order valence-electron chi connectivity index (χ3n) is 4.24. The molecule has 1 aliphatic heterocycles. The largest absolute Gasteiger partial charge is 0.329 e. The van der Waals surface area contributed by atoms with E-state index < -0.39 is 0 Å². The third kappa shape index (κ3) is 2.58. The van der Waals surface area contributed by atoms with Gasteiger partial charge < -0.3 is 10.6 Å². The molecule has 0 aromatic rings. The van der Waals surface area contributed by atoms with Gasteiger partial charge in [-0.2, -0.15) is 0 Å². The van der Waals surface area contributed by atoms with Crippen LogP contribution in [-0.4, -0.2) is 55.1 Å². The van der Waals surface area contributed by atoms with E-state index in [2.05, 4.69) is 23.8 Å². The molecule has 0 aromatic carbocycles. The standard InChI is InChI=1S/C13H27N3/c1-3-7-16(9-12-4-5-12)13(10-14)6-8-15(2)11-13/h12H,3-11,14H2,1-2H3. The van der Waals surface area contributed by atoms with Crippen LogP contribution in [0.4, 0.5) is 0 Å². The Labute approximate surface area is 100.0 Å². The molecule has 2 fully saturated rings. The highest BCUT2D eigenvalue weighted by Crippen LogP contribution is 2.34. The maximum Gasteiger partial charge on any atom is 0.0470 e. The Morgan fingerprint density at radius 1 is 1.44 bits per heavy atom. The predicted octanol–water partition coefficient (Wildman–Crippen LogP) is 1.14. The first kappa shape index (κ1) is 12.3.